The third-order valence-electron chi connectivity index (χ3n) is 3.18. The molecule has 0 radical (unpaired) electrons. The molecule has 0 saturated carbocycles. The average Bonchev–Trinajstić information content (AvgIpc) is 2.56. The van der Waals surface area contributed by atoms with E-state index in [2.05, 4.69) is 14.7 Å². The van der Waals surface area contributed by atoms with Crippen LogP contribution in [0.2, 0.25) is 5.02 Å². The molecule has 3 aromatic rings. The van der Waals surface area contributed by atoms with Gasteiger partial charge in [-0.2, -0.15) is 8.78 Å². The highest BCUT2D eigenvalue weighted by atomic mass is 35.5. The molecule has 2 heterocycles. The maximum absolute atomic E-state index is 12.5. The van der Waals surface area contributed by atoms with Crippen LogP contribution in [0.4, 0.5) is 8.78 Å². The van der Waals surface area contributed by atoms with E-state index in [1.807, 2.05) is 6.26 Å². The summed E-state index contributed by atoms with van der Waals surface area (Å²) in [6, 6.07) is 7.15. The number of alkyl halides is 2. The molecule has 2 aromatic heterocycles. The predicted molar refractivity (Wildman–Crippen MR) is 88.6 cm³/mol. The van der Waals surface area contributed by atoms with Crippen molar-refractivity contribution in [3.63, 3.8) is 0 Å². The Morgan fingerprint density at radius 1 is 1.29 bits per heavy atom. The highest BCUT2D eigenvalue weighted by molar-refractivity contribution is 7.98. The summed E-state index contributed by atoms with van der Waals surface area (Å²) in [5.74, 6) is -0.00689. The standard InChI is InChI=1S/C15H10ClF2N3O2S/c1-24-15-19-7-8-6-11(16)13(22)21(12(8)20-15)9-2-4-10(5-3-9)23-14(17)18/h2-7,14H,1H3. The number of rotatable bonds is 4. The van der Waals surface area contributed by atoms with Gasteiger partial charge in [0.25, 0.3) is 5.56 Å². The average molecular weight is 370 g/mol. The summed E-state index contributed by atoms with van der Waals surface area (Å²) in [5.41, 5.74) is 0.351. The topological polar surface area (TPSA) is 57.0 Å². The molecule has 0 aliphatic heterocycles. The van der Waals surface area contributed by atoms with Gasteiger partial charge in [-0.15, -0.1) is 0 Å². The lowest BCUT2D eigenvalue weighted by Crippen LogP contribution is -2.20. The maximum Gasteiger partial charge on any atom is 0.387 e. The fourth-order valence-electron chi connectivity index (χ4n) is 2.16. The van der Waals surface area contributed by atoms with Crippen molar-refractivity contribution in [2.45, 2.75) is 11.8 Å². The van der Waals surface area contributed by atoms with Crippen LogP contribution in [0.25, 0.3) is 16.7 Å². The molecule has 9 heteroatoms. The monoisotopic (exact) mass is 369 g/mol. The first-order chi connectivity index (χ1) is 11.5. The fraction of sp³-hybridized carbons (Fsp3) is 0.133. The second kappa shape index (κ2) is 6.74. The van der Waals surface area contributed by atoms with E-state index in [9.17, 15) is 13.6 Å². The molecule has 0 unspecified atom stereocenters. The van der Waals surface area contributed by atoms with E-state index in [4.69, 9.17) is 11.6 Å². The van der Waals surface area contributed by atoms with Crippen molar-refractivity contribution < 1.29 is 13.5 Å². The van der Waals surface area contributed by atoms with E-state index in [1.165, 1.54) is 46.7 Å². The number of nitrogens with zero attached hydrogens (tertiary/aromatic N) is 3. The Bertz CT molecular complexity index is 948. The molecule has 0 atom stereocenters. The van der Waals surface area contributed by atoms with Gasteiger partial charge in [0, 0.05) is 11.6 Å². The van der Waals surface area contributed by atoms with Crippen LogP contribution in [0.5, 0.6) is 5.75 Å². The molecule has 1 aromatic carbocycles. The summed E-state index contributed by atoms with van der Waals surface area (Å²) in [6.45, 7) is -2.91. The molecular weight excluding hydrogens is 360 g/mol. The molecule has 0 aliphatic carbocycles. The minimum Gasteiger partial charge on any atom is -0.435 e. The maximum atomic E-state index is 12.5. The van der Waals surface area contributed by atoms with Gasteiger partial charge in [-0.3, -0.25) is 9.36 Å². The van der Waals surface area contributed by atoms with E-state index in [-0.39, 0.29) is 10.8 Å². The van der Waals surface area contributed by atoms with E-state index in [0.717, 1.165) is 0 Å². The number of thioether (sulfide) groups is 1. The summed E-state index contributed by atoms with van der Waals surface area (Å²) >= 11 is 7.33. The summed E-state index contributed by atoms with van der Waals surface area (Å²) in [5, 5.41) is 1.09. The quantitative estimate of drug-likeness (QED) is 0.517. The number of halogens is 3. The molecule has 3 rings (SSSR count). The van der Waals surface area contributed by atoms with Crippen molar-refractivity contribution in [3.05, 3.63) is 51.9 Å². The smallest absolute Gasteiger partial charge is 0.387 e. The number of hydrogen-bond acceptors (Lipinski definition) is 5. The van der Waals surface area contributed by atoms with E-state index >= 15 is 0 Å². The Morgan fingerprint density at radius 2 is 2.00 bits per heavy atom. The number of pyridine rings is 1. The number of fused-ring (bicyclic) bond motifs is 1. The van der Waals surface area contributed by atoms with Gasteiger partial charge in [-0.05, 0) is 36.6 Å². The van der Waals surface area contributed by atoms with Crippen molar-refractivity contribution in [1.29, 1.82) is 0 Å². The molecular formula is C15H10ClF2N3O2S. The third kappa shape index (κ3) is 3.20. The first-order valence-corrected chi connectivity index (χ1v) is 8.27. The molecule has 124 valence electrons. The van der Waals surface area contributed by atoms with Gasteiger partial charge < -0.3 is 4.74 Å². The van der Waals surface area contributed by atoms with Crippen LogP contribution in [0, 0.1) is 0 Å². The second-order valence-electron chi connectivity index (χ2n) is 4.64. The van der Waals surface area contributed by atoms with Crippen molar-refractivity contribution >= 4 is 34.4 Å². The van der Waals surface area contributed by atoms with Crippen LogP contribution in [-0.4, -0.2) is 27.4 Å². The van der Waals surface area contributed by atoms with Crippen LogP contribution in [0.1, 0.15) is 0 Å². The largest absolute Gasteiger partial charge is 0.435 e. The Balaban J connectivity index is 2.20. The number of ether oxygens (including phenoxy) is 1. The van der Waals surface area contributed by atoms with Crippen molar-refractivity contribution in [2.75, 3.05) is 6.26 Å². The molecule has 24 heavy (non-hydrogen) atoms. The summed E-state index contributed by atoms with van der Waals surface area (Å²) in [7, 11) is 0. The van der Waals surface area contributed by atoms with Crippen LogP contribution in [0.15, 0.2) is 46.5 Å². The molecule has 0 spiro atoms. The van der Waals surface area contributed by atoms with E-state index < -0.39 is 12.2 Å². The molecule has 5 nitrogen and oxygen atoms in total. The van der Waals surface area contributed by atoms with Gasteiger partial charge in [0.2, 0.25) is 0 Å². The van der Waals surface area contributed by atoms with Gasteiger partial charge in [0.15, 0.2) is 10.8 Å². The Labute approximate surface area is 144 Å². The Kier molecular flexibility index (Phi) is 4.68. The number of aromatic nitrogens is 3. The van der Waals surface area contributed by atoms with Gasteiger partial charge >= 0.3 is 6.61 Å². The SMILES string of the molecule is CSc1ncc2cc(Cl)c(=O)n(-c3ccc(OC(F)F)cc3)c2n1. The molecule has 0 fully saturated rings. The minimum absolute atomic E-state index is 0.00689. The molecule has 0 saturated heterocycles. The predicted octanol–water partition coefficient (Wildman–Crippen LogP) is 3.76. The Morgan fingerprint density at radius 3 is 2.62 bits per heavy atom. The van der Waals surface area contributed by atoms with Crippen molar-refractivity contribution in [2.24, 2.45) is 0 Å². The van der Waals surface area contributed by atoms with Gasteiger partial charge in [-0.1, -0.05) is 23.4 Å². The lowest BCUT2D eigenvalue weighted by atomic mass is 10.2. The van der Waals surface area contributed by atoms with Crippen molar-refractivity contribution in [1.82, 2.24) is 14.5 Å². The third-order valence-corrected chi connectivity index (χ3v) is 4.01. The summed E-state index contributed by atoms with van der Waals surface area (Å²) in [6.07, 6.45) is 3.39. The summed E-state index contributed by atoms with van der Waals surface area (Å²) in [4.78, 5) is 21.0. The fourth-order valence-corrected chi connectivity index (χ4v) is 2.70. The lowest BCUT2D eigenvalue weighted by Gasteiger charge is -2.11. The van der Waals surface area contributed by atoms with E-state index in [0.29, 0.717) is 21.9 Å². The van der Waals surface area contributed by atoms with Crippen LogP contribution >= 0.6 is 23.4 Å². The summed E-state index contributed by atoms with van der Waals surface area (Å²) < 4.78 is 30.1. The van der Waals surface area contributed by atoms with Crippen LogP contribution in [-0.2, 0) is 0 Å². The normalized spacial score (nSPS) is 11.2. The minimum atomic E-state index is -2.91. The first kappa shape index (κ1) is 16.7. The zero-order valence-corrected chi connectivity index (χ0v) is 13.8. The lowest BCUT2D eigenvalue weighted by molar-refractivity contribution is -0.0498. The number of benzene rings is 1. The zero-order valence-electron chi connectivity index (χ0n) is 12.2. The Hall–Kier alpha value is -2.19. The van der Waals surface area contributed by atoms with Gasteiger partial charge in [0.05, 0.1) is 5.69 Å². The van der Waals surface area contributed by atoms with Crippen molar-refractivity contribution in [3.8, 4) is 11.4 Å². The number of hydrogen-bond donors (Lipinski definition) is 0. The molecule has 0 bridgehead atoms. The first-order valence-electron chi connectivity index (χ1n) is 6.67. The molecule has 0 N–H and O–H groups in total. The highest BCUT2D eigenvalue weighted by Gasteiger charge is 2.13. The highest BCUT2D eigenvalue weighted by Crippen LogP contribution is 2.22. The van der Waals surface area contributed by atoms with Gasteiger partial charge in [0.1, 0.15) is 10.8 Å². The molecule has 0 aliphatic rings. The second-order valence-corrected chi connectivity index (χ2v) is 5.82. The zero-order chi connectivity index (χ0) is 17.3. The van der Waals surface area contributed by atoms with Gasteiger partial charge in [-0.25, -0.2) is 9.97 Å². The van der Waals surface area contributed by atoms with Crippen LogP contribution in [0.3, 0.4) is 0 Å². The molecule has 0 amide bonds. The van der Waals surface area contributed by atoms with Crippen LogP contribution < -0.4 is 10.3 Å². The van der Waals surface area contributed by atoms with E-state index in [1.54, 1.807) is 6.20 Å².